The summed E-state index contributed by atoms with van der Waals surface area (Å²) in [6.45, 7) is 7.94. The second-order valence-electron chi connectivity index (χ2n) is 7.37. The number of carbonyl (C=O) groups excluding carboxylic acids is 3. The summed E-state index contributed by atoms with van der Waals surface area (Å²) in [5.74, 6) is -0.159. The summed E-state index contributed by atoms with van der Waals surface area (Å²) in [4.78, 5) is 42.8. The van der Waals surface area contributed by atoms with Crippen LogP contribution >= 0.6 is 0 Å². The maximum atomic E-state index is 13.1. The minimum atomic E-state index is -0.247. The SMILES string of the molecule is CCOC(=O)N1CCN([C@@H]2CCCN(C(=O)c3ccccc3C(C)=O)C2)CC1. The monoisotopic (exact) mass is 387 g/mol. The van der Waals surface area contributed by atoms with E-state index in [-0.39, 0.29) is 23.8 Å². The van der Waals surface area contributed by atoms with E-state index in [9.17, 15) is 14.4 Å². The first kappa shape index (κ1) is 20.3. The van der Waals surface area contributed by atoms with Crippen molar-refractivity contribution in [1.29, 1.82) is 0 Å². The van der Waals surface area contributed by atoms with E-state index < -0.39 is 0 Å². The molecule has 2 aliphatic heterocycles. The number of ether oxygens (including phenoxy) is 1. The highest BCUT2D eigenvalue weighted by Gasteiger charge is 2.32. The zero-order valence-electron chi connectivity index (χ0n) is 16.7. The molecule has 2 aliphatic rings. The van der Waals surface area contributed by atoms with Crippen molar-refractivity contribution in [2.75, 3.05) is 45.9 Å². The molecule has 0 N–H and O–H groups in total. The Balaban J connectivity index is 1.61. The summed E-state index contributed by atoms with van der Waals surface area (Å²) in [6, 6.07) is 7.32. The molecule has 0 bridgehead atoms. The van der Waals surface area contributed by atoms with Gasteiger partial charge in [0.1, 0.15) is 0 Å². The van der Waals surface area contributed by atoms with Crippen molar-refractivity contribution in [1.82, 2.24) is 14.7 Å². The molecule has 0 aromatic heterocycles. The van der Waals surface area contributed by atoms with E-state index in [1.165, 1.54) is 6.92 Å². The maximum absolute atomic E-state index is 13.1. The Morgan fingerprint density at radius 3 is 2.32 bits per heavy atom. The fourth-order valence-electron chi connectivity index (χ4n) is 4.07. The number of hydrogen-bond acceptors (Lipinski definition) is 5. The molecule has 0 aliphatic carbocycles. The van der Waals surface area contributed by atoms with Crippen LogP contribution in [0.3, 0.4) is 0 Å². The van der Waals surface area contributed by atoms with Crippen LogP contribution < -0.4 is 0 Å². The molecule has 2 amide bonds. The van der Waals surface area contributed by atoms with Gasteiger partial charge < -0.3 is 14.5 Å². The number of nitrogens with zero attached hydrogens (tertiary/aromatic N) is 3. The van der Waals surface area contributed by atoms with Gasteiger partial charge in [-0.25, -0.2) is 4.79 Å². The maximum Gasteiger partial charge on any atom is 0.409 e. The second-order valence-corrected chi connectivity index (χ2v) is 7.37. The van der Waals surface area contributed by atoms with Crippen molar-refractivity contribution in [2.24, 2.45) is 0 Å². The van der Waals surface area contributed by atoms with Crippen LogP contribution in [0.15, 0.2) is 24.3 Å². The number of piperidine rings is 1. The molecular weight excluding hydrogens is 358 g/mol. The Morgan fingerprint density at radius 2 is 1.68 bits per heavy atom. The number of amides is 2. The Kier molecular flexibility index (Phi) is 6.67. The molecule has 3 rings (SSSR count). The van der Waals surface area contributed by atoms with Crippen LogP contribution in [0, 0.1) is 0 Å². The van der Waals surface area contributed by atoms with Gasteiger partial charge in [-0.15, -0.1) is 0 Å². The zero-order chi connectivity index (χ0) is 20.1. The van der Waals surface area contributed by atoms with Crippen molar-refractivity contribution in [3.63, 3.8) is 0 Å². The van der Waals surface area contributed by atoms with Gasteiger partial charge in [0.05, 0.1) is 12.2 Å². The lowest BCUT2D eigenvalue weighted by Gasteiger charge is -2.43. The lowest BCUT2D eigenvalue weighted by atomic mass is 9.99. The molecule has 0 saturated carbocycles. The van der Waals surface area contributed by atoms with Gasteiger partial charge in [-0.05, 0) is 32.8 Å². The summed E-state index contributed by atoms with van der Waals surface area (Å²) in [7, 11) is 0. The van der Waals surface area contributed by atoms with Crippen molar-refractivity contribution in [3.05, 3.63) is 35.4 Å². The van der Waals surface area contributed by atoms with E-state index in [2.05, 4.69) is 4.90 Å². The van der Waals surface area contributed by atoms with Crippen molar-refractivity contribution in [3.8, 4) is 0 Å². The molecule has 0 radical (unpaired) electrons. The molecule has 28 heavy (non-hydrogen) atoms. The third-order valence-electron chi connectivity index (χ3n) is 5.58. The van der Waals surface area contributed by atoms with Crippen molar-refractivity contribution in [2.45, 2.75) is 32.7 Å². The highest BCUT2D eigenvalue weighted by molar-refractivity contribution is 6.07. The van der Waals surface area contributed by atoms with Gasteiger partial charge in [0, 0.05) is 50.9 Å². The van der Waals surface area contributed by atoms with Gasteiger partial charge >= 0.3 is 6.09 Å². The van der Waals surface area contributed by atoms with E-state index in [1.54, 1.807) is 29.2 Å². The lowest BCUT2D eigenvalue weighted by Crippen LogP contribution is -2.56. The van der Waals surface area contributed by atoms with Gasteiger partial charge in [0.15, 0.2) is 5.78 Å². The fourth-order valence-corrected chi connectivity index (χ4v) is 4.07. The average Bonchev–Trinajstić information content (AvgIpc) is 2.73. The predicted octanol–water partition coefficient (Wildman–Crippen LogP) is 2.27. The molecule has 0 spiro atoms. The first-order valence-electron chi connectivity index (χ1n) is 10.1. The summed E-state index contributed by atoms with van der Waals surface area (Å²) in [6.07, 6.45) is 1.73. The number of likely N-dealkylation sites (tertiary alicyclic amines) is 1. The highest BCUT2D eigenvalue weighted by atomic mass is 16.6. The number of benzene rings is 1. The smallest absolute Gasteiger partial charge is 0.409 e. The van der Waals surface area contributed by atoms with Gasteiger partial charge in [-0.1, -0.05) is 18.2 Å². The largest absolute Gasteiger partial charge is 0.450 e. The minimum absolute atomic E-state index is 0.0688. The summed E-state index contributed by atoms with van der Waals surface area (Å²) >= 11 is 0. The van der Waals surface area contributed by atoms with Gasteiger partial charge in [-0.3, -0.25) is 14.5 Å². The predicted molar refractivity (Wildman–Crippen MR) is 106 cm³/mol. The van der Waals surface area contributed by atoms with Crippen LogP contribution in [0.2, 0.25) is 0 Å². The van der Waals surface area contributed by atoms with E-state index in [4.69, 9.17) is 4.74 Å². The minimum Gasteiger partial charge on any atom is -0.450 e. The van der Waals surface area contributed by atoms with Crippen LogP contribution in [0.25, 0.3) is 0 Å². The van der Waals surface area contributed by atoms with Gasteiger partial charge in [-0.2, -0.15) is 0 Å². The standard InChI is InChI=1S/C21H29N3O4/c1-3-28-21(27)23-13-11-22(12-14-23)17-7-6-10-24(15-17)20(26)19-9-5-4-8-18(19)16(2)25/h4-5,8-9,17H,3,6-7,10-15H2,1-2H3/t17-/m1/s1. The summed E-state index contributed by atoms with van der Waals surface area (Å²) in [5.41, 5.74) is 0.973. The molecular formula is C21H29N3O4. The molecule has 2 saturated heterocycles. The van der Waals surface area contributed by atoms with E-state index in [0.717, 1.165) is 25.9 Å². The van der Waals surface area contributed by atoms with E-state index in [1.807, 2.05) is 11.8 Å². The molecule has 7 nitrogen and oxygen atoms in total. The Bertz CT molecular complexity index is 728. The molecule has 152 valence electrons. The van der Waals surface area contributed by atoms with Gasteiger partial charge in [0.2, 0.25) is 0 Å². The number of rotatable bonds is 4. The van der Waals surface area contributed by atoms with Gasteiger partial charge in [0.25, 0.3) is 5.91 Å². The quantitative estimate of drug-likeness (QED) is 0.742. The van der Waals surface area contributed by atoms with Crippen LogP contribution in [0.5, 0.6) is 0 Å². The zero-order valence-corrected chi connectivity index (χ0v) is 16.7. The number of hydrogen-bond donors (Lipinski definition) is 0. The van der Waals surface area contributed by atoms with Crippen LogP contribution in [-0.4, -0.2) is 84.4 Å². The van der Waals surface area contributed by atoms with Crippen LogP contribution in [-0.2, 0) is 4.74 Å². The Morgan fingerprint density at radius 1 is 1.00 bits per heavy atom. The normalized spacial score (nSPS) is 20.7. The van der Waals surface area contributed by atoms with Crippen LogP contribution in [0.1, 0.15) is 47.4 Å². The first-order valence-corrected chi connectivity index (χ1v) is 10.1. The number of ketones is 1. The third kappa shape index (κ3) is 4.52. The number of Topliss-reactive ketones (excluding diaryl/α,β-unsaturated/α-hetero) is 1. The van der Waals surface area contributed by atoms with Crippen molar-refractivity contribution >= 4 is 17.8 Å². The average molecular weight is 387 g/mol. The highest BCUT2D eigenvalue weighted by Crippen LogP contribution is 2.21. The third-order valence-corrected chi connectivity index (χ3v) is 5.58. The molecule has 0 unspecified atom stereocenters. The molecule has 7 heteroatoms. The van der Waals surface area contributed by atoms with Crippen molar-refractivity contribution < 1.29 is 19.1 Å². The molecule has 1 aromatic rings. The summed E-state index contributed by atoms with van der Waals surface area (Å²) < 4.78 is 5.08. The summed E-state index contributed by atoms with van der Waals surface area (Å²) in [5, 5.41) is 0. The number of carbonyl (C=O) groups is 3. The Labute approximate surface area is 166 Å². The van der Waals surface area contributed by atoms with Crippen LogP contribution in [0.4, 0.5) is 4.79 Å². The molecule has 1 aromatic carbocycles. The molecule has 2 heterocycles. The number of piperazine rings is 1. The lowest BCUT2D eigenvalue weighted by molar-refractivity contribution is 0.0377. The first-order chi connectivity index (χ1) is 13.5. The second kappa shape index (κ2) is 9.19. The van der Waals surface area contributed by atoms with E-state index >= 15 is 0 Å². The molecule has 2 fully saturated rings. The topological polar surface area (TPSA) is 70.2 Å². The van der Waals surface area contributed by atoms with E-state index in [0.29, 0.717) is 43.9 Å². The fraction of sp³-hybridized carbons (Fsp3) is 0.571. The molecule has 1 atom stereocenters. The Hall–Kier alpha value is -2.41.